The highest BCUT2D eigenvalue weighted by molar-refractivity contribution is 9.10. The van der Waals surface area contributed by atoms with Crippen molar-refractivity contribution >= 4 is 33.3 Å². The first kappa shape index (κ1) is 21.0. The molecule has 1 aliphatic carbocycles. The van der Waals surface area contributed by atoms with E-state index in [2.05, 4.69) is 45.1 Å². The zero-order valence-electron chi connectivity index (χ0n) is 17.1. The molecule has 3 aromatic rings. The van der Waals surface area contributed by atoms with E-state index in [4.69, 9.17) is 26.1 Å². The summed E-state index contributed by atoms with van der Waals surface area (Å²) in [5.74, 6) is 3.07. The maximum Gasteiger partial charge on any atom is 0.131 e. The Morgan fingerprint density at radius 3 is 1.83 bits per heavy atom. The summed E-state index contributed by atoms with van der Waals surface area (Å²) >= 11 is 10.3. The number of hydrogen-bond acceptors (Lipinski definition) is 4. The van der Waals surface area contributed by atoms with Crippen LogP contribution in [0.1, 0.15) is 35.4 Å². The van der Waals surface area contributed by atoms with Crippen LogP contribution in [0.25, 0.3) is 0 Å². The molecule has 0 unspecified atom stereocenters. The van der Waals surface area contributed by atoms with E-state index >= 15 is 0 Å². The maximum atomic E-state index is 6.67. The Labute approximate surface area is 190 Å². The Morgan fingerprint density at radius 1 is 0.933 bits per heavy atom. The van der Waals surface area contributed by atoms with Gasteiger partial charge in [-0.3, -0.25) is 0 Å². The average molecular weight is 488 g/mol. The number of nitrogens with zero attached hydrogens (tertiary/aromatic N) is 2. The van der Waals surface area contributed by atoms with Gasteiger partial charge in [-0.15, -0.1) is 0 Å². The lowest BCUT2D eigenvalue weighted by molar-refractivity contribution is 0.414. The zero-order valence-corrected chi connectivity index (χ0v) is 19.4. The Hall–Kier alpha value is -2.24. The summed E-state index contributed by atoms with van der Waals surface area (Å²) in [5.41, 5.74) is 3.48. The number of hydrogen-bond donors (Lipinski definition) is 0. The predicted octanol–water partition coefficient (Wildman–Crippen LogP) is 6.60. The van der Waals surface area contributed by atoms with Gasteiger partial charge in [0.2, 0.25) is 0 Å². The summed E-state index contributed by atoms with van der Waals surface area (Å²) in [6.45, 7) is 1.41. The zero-order chi connectivity index (χ0) is 21.1. The Bertz CT molecular complexity index is 932. The molecule has 4 nitrogen and oxygen atoms in total. The van der Waals surface area contributed by atoms with E-state index < -0.39 is 0 Å². The Kier molecular flexibility index (Phi) is 6.49. The molecule has 2 aromatic carbocycles. The van der Waals surface area contributed by atoms with Crippen molar-refractivity contribution in [3.63, 3.8) is 0 Å². The molecule has 156 valence electrons. The summed E-state index contributed by atoms with van der Waals surface area (Å²) < 4.78 is 11.4. The fourth-order valence-corrected chi connectivity index (χ4v) is 4.68. The van der Waals surface area contributed by atoms with Crippen molar-refractivity contribution in [1.29, 1.82) is 0 Å². The van der Waals surface area contributed by atoms with E-state index in [1.807, 2.05) is 30.3 Å². The molecule has 1 heterocycles. The van der Waals surface area contributed by atoms with Gasteiger partial charge >= 0.3 is 0 Å². The quantitative estimate of drug-likeness (QED) is 0.335. The third-order valence-electron chi connectivity index (χ3n) is 5.32. The second kappa shape index (κ2) is 9.27. The number of halogens is 2. The standard InChI is InChI=1S/C24H24BrClN2O2/c1-29-19-9-3-16(4-10-19)14-28(15-17-5-11-20(30-2)12-6-17)22-13-21(26)23(18-7-8-18)24(25)27-22/h3-6,9-13,18H,7-8,14-15H2,1-2H3. The van der Waals surface area contributed by atoms with Gasteiger partial charge in [-0.05, 0) is 76.1 Å². The van der Waals surface area contributed by atoms with E-state index in [0.717, 1.165) is 32.5 Å². The molecule has 1 aliphatic rings. The minimum Gasteiger partial charge on any atom is -0.497 e. The first-order chi connectivity index (χ1) is 14.6. The van der Waals surface area contributed by atoms with Crippen LogP contribution in [0.4, 0.5) is 5.82 Å². The molecular weight excluding hydrogens is 464 g/mol. The lowest BCUT2D eigenvalue weighted by Gasteiger charge is -2.25. The maximum absolute atomic E-state index is 6.67. The third kappa shape index (κ3) is 4.90. The highest BCUT2D eigenvalue weighted by Gasteiger charge is 2.29. The molecule has 1 aromatic heterocycles. The van der Waals surface area contributed by atoms with Gasteiger partial charge in [0.05, 0.1) is 19.2 Å². The van der Waals surface area contributed by atoms with Crippen molar-refractivity contribution in [3.05, 3.63) is 80.9 Å². The second-order valence-corrected chi connectivity index (χ2v) is 8.65. The van der Waals surface area contributed by atoms with Crippen molar-refractivity contribution in [2.75, 3.05) is 19.1 Å². The lowest BCUT2D eigenvalue weighted by atomic mass is 10.1. The summed E-state index contributed by atoms with van der Waals surface area (Å²) in [4.78, 5) is 7.10. The van der Waals surface area contributed by atoms with E-state index in [0.29, 0.717) is 19.0 Å². The van der Waals surface area contributed by atoms with Crippen molar-refractivity contribution in [3.8, 4) is 11.5 Å². The van der Waals surface area contributed by atoms with Crippen LogP contribution >= 0.6 is 27.5 Å². The fourth-order valence-electron chi connectivity index (χ4n) is 3.50. The smallest absolute Gasteiger partial charge is 0.131 e. The Balaban J connectivity index is 1.64. The number of benzene rings is 2. The first-order valence-electron chi connectivity index (χ1n) is 9.94. The predicted molar refractivity (Wildman–Crippen MR) is 125 cm³/mol. The average Bonchev–Trinajstić information content (AvgIpc) is 3.59. The number of ether oxygens (including phenoxy) is 2. The van der Waals surface area contributed by atoms with Crippen LogP contribution in [0.15, 0.2) is 59.2 Å². The largest absolute Gasteiger partial charge is 0.497 e. The molecule has 0 amide bonds. The van der Waals surface area contributed by atoms with Crippen molar-refractivity contribution < 1.29 is 9.47 Å². The SMILES string of the molecule is COc1ccc(CN(Cc2ccc(OC)cc2)c2cc(Cl)c(C3CC3)c(Br)n2)cc1. The minimum atomic E-state index is 0.532. The number of rotatable bonds is 8. The molecule has 30 heavy (non-hydrogen) atoms. The molecule has 0 bridgehead atoms. The molecule has 6 heteroatoms. The molecule has 1 saturated carbocycles. The first-order valence-corrected chi connectivity index (χ1v) is 11.1. The highest BCUT2D eigenvalue weighted by Crippen LogP contribution is 2.46. The van der Waals surface area contributed by atoms with Gasteiger partial charge in [0.1, 0.15) is 21.9 Å². The number of anilines is 1. The number of methoxy groups -OCH3 is 2. The monoisotopic (exact) mass is 486 g/mol. The highest BCUT2D eigenvalue weighted by atomic mass is 79.9. The van der Waals surface area contributed by atoms with Crippen LogP contribution in [0.3, 0.4) is 0 Å². The van der Waals surface area contributed by atoms with Crippen LogP contribution in [0, 0.1) is 0 Å². The van der Waals surface area contributed by atoms with E-state index in [9.17, 15) is 0 Å². The molecule has 1 fully saturated rings. The van der Waals surface area contributed by atoms with Gasteiger partial charge in [-0.2, -0.15) is 0 Å². The Morgan fingerprint density at radius 2 is 1.43 bits per heavy atom. The normalized spacial score (nSPS) is 13.2. The lowest BCUT2D eigenvalue weighted by Crippen LogP contribution is -2.23. The van der Waals surface area contributed by atoms with Gasteiger partial charge < -0.3 is 14.4 Å². The van der Waals surface area contributed by atoms with Crippen LogP contribution in [0.5, 0.6) is 11.5 Å². The van der Waals surface area contributed by atoms with Crippen molar-refractivity contribution in [2.24, 2.45) is 0 Å². The van der Waals surface area contributed by atoms with Crippen molar-refractivity contribution in [1.82, 2.24) is 4.98 Å². The summed E-state index contributed by atoms with van der Waals surface area (Å²) in [5, 5.41) is 0.781. The number of aromatic nitrogens is 1. The van der Waals surface area contributed by atoms with Crippen LogP contribution in [-0.2, 0) is 13.1 Å². The third-order valence-corrected chi connectivity index (χ3v) is 6.24. The molecule has 0 N–H and O–H groups in total. The van der Waals surface area contributed by atoms with Crippen LogP contribution in [0.2, 0.25) is 5.02 Å². The van der Waals surface area contributed by atoms with Gasteiger partial charge in [0.15, 0.2) is 0 Å². The van der Waals surface area contributed by atoms with E-state index in [1.54, 1.807) is 14.2 Å². The molecule has 0 atom stereocenters. The van der Waals surface area contributed by atoms with E-state index in [1.165, 1.54) is 24.0 Å². The van der Waals surface area contributed by atoms with Gasteiger partial charge in [0, 0.05) is 18.7 Å². The minimum absolute atomic E-state index is 0.532. The van der Waals surface area contributed by atoms with Gasteiger partial charge in [-0.1, -0.05) is 35.9 Å². The van der Waals surface area contributed by atoms with Gasteiger partial charge in [-0.25, -0.2) is 4.98 Å². The summed E-state index contributed by atoms with van der Waals surface area (Å²) in [7, 11) is 3.35. The second-order valence-electron chi connectivity index (χ2n) is 7.49. The van der Waals surface area contributed by atoms with Crippen LogP contribution < -0.4 is 14.4 Å². The number of pyridine rings is 1. The van der Waals surface area contributed by atoms with E-state index in [-0.39, 0.29) is 0 Å². The molecule has 0 saturated heterocycles. The summed E-state index contributed by atoms with van der Waals surface area (Å²) in [6, 6.07) is 18.2. The fraction of sp³-hybridized carbons (Fsp3) is 0.292. The molecule has 0 radical (unpaired) electrons. The van der Waals surface area contributed by atoms with Crippen molar-refractivity contribution in [2.45, 2.75) is 31.8 Å². The molecular formula is C24H24BrClN2O2. The van der Waals surface area contributed by atoms with Crippen LogP contribution in [-0.4, -0.2) is 19.2 Å². The molecule has 0 spiro atoms. The topological polar surface area (TPSA) is 34.6 Å². The van der Waals surface area contributed by atoms with Gasteiger partial charge in [0.25, 0.3) is 0 Å². The summed E-state index contributed by atoms with van der Waals surface area (Å²) in [6.07, 6.45) is 2.36. The molecule has 0 aliphatic heterocycles. The molecule has 4 rings (SSSR count).